The van der Waals surface area contributed by atoms with E-state index in [-0.39, 0.29) is 5.78 Å². The monoisotopic (exact) mass is 312 g/mol. The van der Waals surface area contributed by atoms with Crippen LogP contribution in [0.3, 0.4) is 0 Å². The minimum absolute atomic E-state index is 0.251. The van der Waals surface area contributed by atoms with Gasteiger partial charge in [0.05, 0.1) is 4.47 Å². The van der Waals surface area contributed by atoms with Crippen molar-refractivity contribution < 1.29 is 9.18 Å². The lowest BCUT2D eigenvalue weighted by molar-refractivity contribution is 0.103. The third-order valence-corrected chi connectivity index (χ3v) is 3.15. The molecule has 0 aromatic heterocycles. The number of benzene rings is 2. The minimum Gasteiger partial charge on any atom is -0.289 e. The Kier molecular flexibility index (Phi) is 3.60. The molecule has 0 radical (unpaired) electrons. The van der Waals surface area contributed by atoms with Crippen molar-refractivity contribution >= 4 is 33.3 Å². The van der Waals surface area contributed by atoms with Crippen molar-refractivity contribution in [1.82, 2.24) is 0 Å². The summed E-state index contributed by atoms with van der Waals surface area (Å²) >= 11 is 8.84. The zero-order valence-electron chi connectivity index (χ0n) is 8.58. The molecule has 2 aromatic carbocycles. The Morgan fingerprint density at radius 1 is 1.12 bits per heavy atom. The van der Waals surface area contributed by atoms with Gasteiger partial charge in [0.25, 0.3) is 0 Å². The van der Waals surface area contributed by atoms with Crippen LogP contribution >= 0.6 is 27.5 Å². The summed E-state index contributed by atoms with van der Waals surface area (Å²) in [6.07, 6.45) is 0. The van der Waals surface area contributed by atoms with Crippen molar-refractivity contribution in [3.05, 3.63) is 68.9 Å². The molecule has 0 heterocycles. The summed E-state index contributed by atoms with van der Waals surface area (Å²) in [6.45, 7) is 0. The number of hydrogen-bond donors (Lipinski definition) is 0. The van der Waals surface area contributed by atoms with Crippen LogP contribution in [-0.4, -0.2) is 5.78 Å². The molecule has 0 amide bonds. The van der Waals surface area contributed by atoms with E-state index >= 15 is 0 Å². The van der Waals surface area contributed by atoms with E-state index in [4.69, 9.17) is 11.6 Å². The molecule has 0 bridgehead atoms. The van der Waals surface area contributed by atoms with E-state index in [9.17, 15) is 9.18 Å². The summed E-state index contributed by atoms with van der Waals surface area (Å²) in [6, 6.07) is 10.8. The molecule has 17 heavy (non-hydrogen) atoms. The summed E-state index contributed by atoms with van der Waals surface area (Å²) in [4.78, 5) is 12.0. The first kappa shape index (κ1) is 12.3. The number of rotatable bonds is 2. The van der Waals surface area contributed by atoms with Crippen LogP contribution in [0.25, 0.3) is 0 Å². The lowest BCUT2D eigenvalue weighted by atomic mass is 10.0. The van der Waals surface area contributed by atoms with E-state index < -0.39 is 5.82 Å². The van der Waals surface area contributed by atoms with E-state index in [0.29, 0.717) is 20.6 Å². The third kappa shape index (κ3) is 2.73. The van der Waals surface area contributed by atoms with Gasteiger partial charge in [-0.05, 0) is 46.3 Å². The van der Waals surface area contributed by atoms with Gasteiger partial charge in [0.2, 0.25) is 0 Å². The van der Waals surface area contributed by atoms with Gasteiger partial charge >= 0.3 is 0 Å². The predicted octanol–water partition coefficient (Wildman–Crippen LogP) is 4.47. The fourth-order valence-corrected chi connectivity index (χ4v) is 1.87. The second-order valence-electron chi connectivity index (χ2n) is 3.47. The van der Waals surface area contributed by atoms with Crippen LogP contribution in [-0.2, 0) is 0 Å². The first-order valence-electron chi connectivity index (χ1n) is 4.83. The van der Waals surface area contributed by atoms with Gasteiger partial charge in [-0.25, -0.2) is 4.39 Å². The average molecular weight is 314 g/mol. The Morgan fingerprint density at radius 3 is 2.47 bits per heavy atom. The molecule has 2 rings (SSSR count). The van der Waals surface area contributed by atoms with Gasteiger partial charge < -0.3 is 0 Å². The smallest absolute Gasteiger partial charge is 0.193 e. The molecule has 0 aliphatic rings. The van der Waals surface area contributed by atoms with E-state index in [0.717, 1.165) is 0 Å². The first-order valence-corrected chi connectivity index (χ1v) is 6.00. The second kappa shape index (κ2) is 4.98. The van der Waals surface area contributed by atoms with Crippen LogP contribution < -0.4 is 0 Å². The highest BCUT2D eigenvalue weighted by atomic mass is 79.9. The summed E-state index contributed by atoms with van der Waals surface area (Å²) in [7, 11) is 0. The van der Waals surface area contributed by atoms with E-state index in [1.807, 2.05) is 0 Å². The van der Waals surface area contributed by atoms with Gasteiger partial charge in [0.15, 0.2) is 5.78 Å². The molecular weight excluding hydrogens is 306 g/mol. The molecule has 0 saturated carbocycles. The van der Waals surface area contributed by atoms with Crippen molar-refractivity contribution in [2.24, 2.45) is 0 Å². The Balaban J connectivity index is 2.40. The molecule has 0 aliphatic heterocycles. The van der Waals surface area contributed by atoms with Gasteiger partial charge in [-0.2, -0.15) is 0 Å². The summed E-state index contributed by atoms with van der Waals surface area (Å²) in [5.74, 6) is -0.711. The van der Waals surface area contributed by atoms with Crippen LogP contribution in [0.5, 0.6) is 0 Å². The zero-order chi connectivity index (χ0) is 12.4. The predicted molar refractivity (Wildman–Crippen MR) is 69.0 cm³/mol. The van der Waals surface area contributed by atoms with Crippen LogP contribution in [0.4, 0.5) is 4.39 Å². The average Bonchev–Trinajstić information content (AvgIpc) is 2.32. The summed E-state index contributed by atoms with van der Waals surface area (Å²) < 4.78 is 13.6. The fourth-order valence-electron chi connectivity index (χ4n) is 1.43. The summed E-state index contributed by atoms with van der Waals surface area (Å²) in [5.41, 5.74) is 0.743. The fraction of sp³-hybridized carbons (Fsp3) is 0. The molecule has 0 unspecified atom stereocenters. The van der Waals surface area contributed by atoms with Gasteiger partial charge in [-0.3, -0.25) is 4.79 Å². The van der Waals surface area contributed by atoms with Crippen molar-refractivity contribution in [2.45, 2.75) is 0 Å². The van der Waals surface area contributed by atoms with Gasteiger partial charge in [-0.15, -0.1) is 0 Å². The Bertz CT molecular complexity index is 583. The minimum atomic E-state index is -0.460. The van der Waals surface area contributed by atoms with Crippen molar-refractivity contribution in [2.75, 3.05) is 0 Å². The van der Waals surface area contributed by atoms with Crippen LogP contribution in [0.1, 0.15) is 15.9 Å². The van der Waals surface area contributed by atoms with Gasteiger partial charge in [-0.1, -0.05) is 23.7 Å². The number of halogens is 3. The maximum atomic E-state index is 13.3. The van der Waals surface area contributed by atoms with Gasteiger partial charge in [0.1, 0.15) is 5.82 Å². The Hall–Kier alpha value is -1.19. The van der Waals surface area contributed by atoms with Crippen LogP contribution in [0.15, 0.2) is 46.9 Å². The van der Waals surface area contributed by atoms with Crippen molar-refractivity contribution in [3.8, 4) is 0 Å². The highest BCUT2D eigenvalue weighted by Crippen LogP contribution is 2.19. The second-order valence-corrected chi connectivity index (χ2v) is 4.76. The first-order chi connectivity index (χ1) is 8.08. The number of carbonyl (C=O) groups is 1. The molecule has 0 saturated heterocycles. The largest absolute Gasteiger partial charge is 0.289 e. The number of ketones is 1. The standard InChI is InChI=1S/C13H7BrClFO/c14-11-5-4-9(7-12(11)16)13(17)8-2-1-3-10(15)6-8/h1-7H. The molecule has 0 aliphatic carbocycles. The zero-order valence-corrected chi connectivity index (χ0v) is 10.9. The van der Waals surface area contributed by atoms with Crippen molar-refractivity contribution in [3.63, 3.8) is 0 Å². The normalized spacial score (nSPS) is 10.3. The van der Waals surface area contributed by atoms with E-state index in [1.165, 1.54) is 12.1 Å². The highest BCUT2D eigenvalue weighted by molar-refractivity contribution is 9.10. The Morgan fingerprint density at radius 2 is 1.82 bits per heavy atom. The molecule has 0 N–H and O–H groups in total. The molecular formula is C13H7BrClFO. The Labute approximate surface area is 111 Å². The molecule has 1 nitrogen and oxygen atoms in total. The highest BCUT2D eigenvalue weighted by Gasteiger charge is 2.11. The maximum Gasteiger partial charge on any atom is 0.193 e. The molecule has 4 heteroatoms. The molecule has 86 valence electrons. The van der Waals surface area contributed by atoms with E-state index in [1.54, 1.807) is 30.3 Å². The van der Waals surface area contributed by atoms with E-state index in [2.05, 4.69) is 15.9 Å². The molecule has 0 spiro atoms. The SMILES string of the molecule is O=C(c1cccc(Cl)c1)c1ccc(Br)c(F)c1. The van der Waals surface area contributed by atoms with Crippen molar-refractivity contribution in [1.29, 1.82) is 0 Å². The van der Waals surface area contributed by atoms with Crippen LogP contribution in [0, 0.1) is 5.82 Å². The lowest BCUT2D eigenvalue weighted by Crippen LogP contribution is -2.01. The van der Waals surface area contributed by atoms with Crippen LogP contribution in [0.2, 0.25) is 5.02 Å². The maximum absolute atomic E-state index is 13.3. The third-order valence-electron chi connectivity index (χ3n) is 2.27. The molecule has 0 atom stereocenters. The molecule has 2 aromatic rings. The number of hydrogen-bond acceptors (Lipinski definition) is 1. The topological polar surface area (TPSA) is 17.1 Å². The quantitative estimate of drug-likeness (QED) is 0.748. The number of carbonyl (C=O) groups excluding carboxylic acids is 1. The summed E-state index contributed by atoms with van der Waals surface area (Å²) in [5, 5.41) is 0.480. The van der Waals surface area contributed by atoms with Gasteiger partial charge in [0, 0.05) is 16.1 Å². The lowest BCUT2D eigenvalue weighted by Gasteiger charge is -2.02. The molecule has 0 fully saturated rings.